The lowest BCUT2D eigenvalue weighted by Crippen LogP contribution is -2.38. The first kappa shape index (κ1) is 35.5. The zero-order valence-electron chi connectivity index (χ0n) is 27.2. The molecule has 0 radical (unpaired) electrons. The molecular weight excluding hydrogens is 658 g/mol. The van der Waals surface area contributed by atoms with E-state index in [0.29, 0.717) is 40.8 Å². The molecule has 5 aromatic rings. The number of hydrogen-bond donors (Lipinski definition) is 0. The first-order valence-electron chi connectivity index (χ1n) is 15.3. The molecule has 0 bridgehead atoms. The van der Waals surface area contributed by atoms with E-state index in [1.807, 2.05) is 25.2 Å². The molecule has 0 aliphatic heterocycles. The maximum absolute atomic E-state index is 14.0. The Morgan fingerprint density at radius 3 is 2.22 bits per heavy atom. The number of carbonyl (C=O) groups excluding carboxylic acids is 1. The van der Waals surface area contributed by atoms with E-state index in [-0.39, 0.29) is 31.2 Å². The number of amides is 1. The van der Waals surface area contributed by atoms with Gasteiger partial charge < -0.3 is 14.4 Å². The highest BCUT2D eigenvalue weighted by Gasteiger charge is 2.30. The first-order valence-corrected chi connectivity index (χ1v) is 16.3. The van der Waals surface area contributed by atoms with E-state index in [1.165, 1.54) is 36.0 Å². The molecule has 0 saturated heterocycles. The standard InChI is InChI=1S/C35H35F4N7O2S/c1-43(2)14-15-45(20-25-6-13-31(40-17-25)27-7-9-29(10-8-27)35(37,38)39)32(47)22-46-21-28(16-26-18-41-44(3)19-26)33(48)42-34(46)49-23-24-4-11-30(36)12-5-24/h4-13,17-19,21H,14-16,20,22-23H2,1-3H3. The van der Waals surface area contributed by atoms with Crippen LogP contribution in [0.5, 0.6) is 0 Å². The first-order chi connectivity index (χ1) is 23.3. The molecule has 0 aliphatic carbocycles. The summed E-state index contributed by atoms with van der Waals surface area (Å²) in [6, 6.07) is 14.4. The van der Waals surface area contributed by atoms with Crippen LogP contribution in [0.1, 0.15) is 27.8 Å². The van der Waals surface area contributed by atoms with Gasteiger partial charge >= 0.3 is 6.18 Å². The van der Waals surface area contributed by atoms with Crippen LogP contribution in [-0.4, -0.2) is 67.2 Å². The molecule has 0 atom stereocenters. The molecule has 9 nitrogen and oxygen atoms in total. The molecule has 0 saturated carbocycles. The molecule has 0 fully saturated rings. The summed E-state index contributed by atoms with van der Waals surface area (Å²) in [6.07, 6.45) is 2.63. The van der Waals surface area contributed by atoms with Crippen LogP contribution >= 0.6 is 11.8 Å². The monoisotopic (exact) mass is 693 g/mol. The number of likely N-dealkylation sites (N-methyl/N-ethyl adjacent to an activating group) is 1. The molecule has 5 rings (SSSR count). The van der Waals surface area contributed by atoms with Gasteiger partial charge in [-0.25, -0.2) is 4.39 Å². The Bertz CT molecular complexity index is 1920. The highest BCUT2D eigenvalue weighted by molar-refractivity contribution is 7.98. The predicted molar refractivity (Wildman–Crippen MR) is 179 cm³/mol. The minimum absolute atomic E-state index is 0.0937. The average Bonchev–Trinajstić information content (AvgIpc) is 3.48. The summed E-state index contributed by atoms with van der Waals surface area (Å²) in [5.74, 6) is -0.157. The Morgan fingerprint density at radius 1 is 0.898 bits per heavy atom. The van der Waals surface area contributed by atoms with Gasteiger partial charge in [-0.05, 0) is 61.1 Å². The number of hydrogen-bond acceptors (Lipinski definition) is 7. The van der Waals surface area contributed by atoms with E-state index in [4.69, 9.17) is 0 Å². The SMILES string of the molecule is CN(C)CCN(Cc1ccc(-c2ccc(C(F)(F)F)cc2)nc1)C(=O)Cn1cc(Cc2cnn(C)c2)c(=O)nc1SCc1ccc(F)cc1. The quantitative estimate of drug-likeness (QED) is 0.0893. The summed E-state index contributed by atoms with van der Waals surface area (Å²) in [7, 11) is 5.60. The second-order valence-corrected chi connectivity index (χ2v) is 12.8. The number of aryl methyl sites for hydroxylation is 1. The Hall–Kier alpha value is -4.82. The second-order valence-electron chi connectivity index (χ2n) is 11.8. The fraction of sp³-hybridized carbons (Fsp3) is 0.286. The van der Waals surface area contributed by atoms with Crippen LogP contribution in [0.3, 0.4) is 0 Å². The van der Waals surface area contributed by atoms with Gasteiger partial charge in [-0.3, -0.25) is 19.3 Å². The Morgan fingerprint density at radius 2 is 1.61 bits per heavy atom. The minimum atomic E-state index is -4.42. The summed E-state index contributed by atoms with van der Waals surface area (Å²) < 4.78 is 55.8. The Balaban J connectivity index is 1.38. The van der Waals surface area contributed by atoms with Crippen molar-refractivity contribution in [2.75, 3.05) is 27.2 Å². The summed E-state index contributed by atoms with van der Waals surface area (Å²) in [5, 5.41) is 4.53. The van der Waals surface area contributed by atoms with Crippen LogP contribution in [-0.2, 0) is 43.3 Å². The third-order valence-corrected chi connectivity index (χ3v) is 8.71. The number of nitrogens with zero attached hydrogens (tertiary/aromatic N) is 7. The Kier molecular flexibility index (Phi) is 11.3. The number of aromatic nitrogens is 5. The Labute approximate surface area is 285 Å². The zero-order valence-corrected chi connectivity index (χ0v) is 28.0. The zero-order chi connectivity index (χ0) is 35.1. The molecule has 14 heteroatoms. The van der Waals surface area contributed by atoms with Gasteiger partial charge in [0, 0.05) is 68.6 Å². The number of halogens is 4. The molecule has 49 heavy (non-hydrogen) atoms. The molecule has 2 aromatic carbocycles. The molecular formula is C35H35F4N7O2S. The lowest BCUT2D eigenvalue weighted by Gasteiger charge is -2.25. The van der Waals surface area contributed by atoms with Crippen LogP contribution in [0, 0.1) is 5.82 Å². The third-order valence-electron chi connectivity index (χ3n) is 7.64. The van der Waals surface area contributed by atoms with Crippen molar-refractivity contribution >= 4 is 17.7 Å². The van der Waals surface area contributed by atoms with E-state index >= 15 is 0 Å². The number of alkyl halides is 3. The van der Waals surface area contributed by atoms with Crippen LogP contribution in [0.2, 0.25) is 0 Å². The van der Waals surface area contributed by atoms with Gasteiger partial charge in [0.05, 0.1) is 17.5 Å². The summed E-state index contributed by atoms with van der Waals surface area (Å²) >= 11 is 1.28. The largest absolute Gasteiger partial charge is 0.416 e. The van der Waals surface area contributed by atoms with Crippen molar-refractivity contribution in [3.05, 3.63) is 129 Å². The highest BCUT2D eigenvalue weighted by Crippen LogP contribution is 2.30. The number of rotatable bonds is 13. The molecule has 256 valence electrons. The molecule has 1 amide bonds. The lowest BCUT2D eigenvalue weighted by molar-refractivity contribution is -0.137. The molecule has 0 spiro atoms. The van der Waals surface area contributed by atoms with E-state index in [2.05, 4.69) is 15.1 Å². The van der Waals surface area contributed by atoms with Crippen LogP contribution in [0.15, 0.2) is 95.4 Å². The van der Waals surface area contributed by atoms with E-state index in [9.17, 15) is 27.2 Å². The fourth-order valence-corrected chi connectivity index (χ4v) is 5.90. The molecule has 3 aromatic heterocycles. The van der Waals surface area contributed by atoms with Crippen molar-refractivity contribution < 1.29 is 22.4 Å². The summed E-state index contributed by atoms with van der Waals surface area (Å²) in [6.45, 7) is 1.13. The van der Waals surface area contributed by atoms with Crippen LogP contribution < -0.4 is 5.56 Å². The molecule has 3 heterocycles. The lowest BCUT2D eigenvalue weighted by atomic mass is 10.1. The van der Waals surface area contributed by atoms with Gasteiger partial charge in [0.2, 0.25) is 5.91 Å². The topological polar surface area (TPSA) is 89.1 Å². The number of benzene rings is 2. The van der Waals surface area contributed by atoms with Crippen LogP contribution in [0.4, 0.5) is 17.6 Å². The van der Waals surface area contributed by atoms with Gasteiger partial charge in [-0.15, -0.1) is 0 Å². The predicted octanol–water partition coefficient (Wildman–Crippen LogP) is 5.67. The molecule has 0 aliphatic rings. The third kappa shape index (κ3) is 9.86. The van der Waals surface area contributed by atoms with Crippen molar-refractivity contribution in [2.24, 2.45) is 7.05 Å². The van der Waals surface area contributed by atoms with Gasteiger partial charge in [-0.1, -0.05) is 42.1 Å². The van der Waals surface area contributed by atoms with Crippen molar-refractivity contribution in [1.82, 2.24) is 34.1 Å². The normalized spacial score (nSPS) is 11.7. The summed E-state index contributed by atoms with van der Waals surface area (Å²) in [5.41, 5.74) is 2.72. The number of carbonyl (C=O) groups is 1. The fourth-order valence-electron chi connectivity index (χ4n) is 4.98. The van der Waals surface area contributed by atoms with Crippen molar-refractivity contribution in [3.8, 4) is 11.3 Å². The summed E-state index contributed by atoms with van der Waals surface area (Å²) in [4.78, 5) is 39.5. The van der Waals surface area contributed by atoms with E-state index in [1.54, 1.807) is 64.1 Å². The maximum atomic E-state index is 14.0. The average molecular weight is 694 g/mol. The van der Waals surface area contributed by atoms with Crippen molar-refractivity contribution in [1.29, 1.82) is 0 Å². The van der Waals surface area contributed by atoms with Gasteiger partial charge in [-0.2, -0.15) is 23.3 Å². The van der Waals surface area contributed by atoms with Gasteiger partial charge in [0.1, 0.15) is 12.4 Å². The van der Waals surface area contributed by atoms with E-state index in [0.717, 1.165) is 28.8 Å². The second kappa shape index (κ2) is 15.6. The smallest absolute Gasteiger partial charge is 0.335 e. The molecule has 0 N–H and O–H groups in total. The highest BCUT2D eigenvalue weighted by atomic mass is 32.2. The van der Waals surface area contributed by atoms with Gasteiger partial charge in [0.25, 0.3) is 5.56 Å². The molecule has 0 unspecified atom stereocenters. The number of pyridine rings is 1. The van der Waals surface area contributed by atoms with Crippen molar-refractivity contribution in [2.45, 2.75) is 36.6 Å². The van der Waals surface area contributed by atoms with Crippen molar-refractivity contribution in [3.63, 3.8) is 0 Å². The number of thioether (sulfide) groups is 1. The maximum Gasteiger partial charge on any atom is 0.416 e. The van der Waals surface area contributed by atoms with E-state index < -0.39 is 17.3 Å². The van der Waals surface area contributed by atoms with Crippen LogP contribution in [0.25, 0.3) is 11.3 Å². The minimum Gasteiger partial charge on any atom is -0.335 e. The van der Waals surface area contributed by atoms with Gasteiger partial charge in [0.15, 0.2) is 5.16 Å².